The number of aromatic carboxylic acids is 1. The second kappa shape index (κ2) is 7.63. The van der Waals surface area contributed by atoms with Crippen LogP contribution in [0.15, 0.2) is 22.7 Å². The van der Waals surface area contributed by atoms with Gasteiger partial charge in [-0.15, -0.1) is 0 Å². The highest BCUT2D eigenvalue weighted by molar-refractivity contribution is 9.10. The number of rotatable bonds is 5. The fourth-order valence-corrected chi connectivity index (χ4v) is 1.98. The number of likely N-dealkylation sites (N-methyl/N-ethyl adjacent to an activating group) is 2. The van der Waals surface area contributed by atoms with Crippen LogP contribution in [0.5, 0.6) is 0 Å². The Morgan fingerprint density at radius 2 is 2.00 bits per heavy atom. The van der Waals surface area contributed by atoms with Crippen LogP contribution in [0.4, 0.5) is 10.5 Å². The number of carbonyl (C=O) groups is 3. The molecular weight excluding hydrogens is 342 g/mol. The Balaban J connectivity index is 2.70. The molecule has 0 bridgehead atoms. The molecular formula is C13H16BrN3O4. The van der Waals surface area contributed by atoms with Crippen molar-refractivity contribution >= 4 is 39.5 Å². The summed E-state index contributed by atoms with van der Waals surface area (Å²) in [5.41, 5.74) is 0.531. The van der Waals surface area contributed by atoms with Crippen LogP contribution < -0.4 is 10.6 Å². The number of carbonyl (C=O) groups excluding carboxylic acids is 2. The lowest BCUT2D eigenvalue weighted by Crippen LogP contribution is -2.40. The van der Waals surface area contributed by atoms with E-state index < -0.39 is 12.0 Å². The lowest BCUT2D eigenvalue weighted by atomic mass is 10.2. The first kappa shape index (κ1) is 17.0. The molecule has 0 heterocycles. The van der Waals surface area contributed by atoms with E-state index in [1.807, 2.05) is 0 Å². The van der Waals surface area contributed by atoms with E-state index in [4.69, 9.17) is 5.11 Å². The Bertz CT molecular complexity index is 562. The van der Waals surface area contributed by atoms with E-state index in [0.29, 0.717) is 16.7 Å². The third-order valence-corrected chi connectivity index (χ3v) is 3.22. The van der Waals surface area contributed by atoms with Crippen LogP contribution in [0.25, 0.3) is 0 Å². The second-order valence-electron chi connectivity index (χ2n) is 4.24. The van der Waals surface area contributed by atoms with E-state index in [2.05, 4.69) is 26.6 Å². The van der Waals surface area contributed by atoms with Gasteiger partial charge in [-0.25, -0.2) is 9.59 Å². The summed E-state index contributed by atoms with van der Waals surface area (Å²) in [6.07, 6.45) is 0. The van der Waals surface area contributed by atoms with Crippen LogP contribution >= 0.6 is 15.9 Å². The van der Waals surface area contributed by atoms with Gasteiger partial charge in [-0.1, -0.05) is 0 Å². The summed E-state index contributed by atoms with van der Waals surface area (Å²) in [5.74, 6) is -1.31. The third-order valence-electron chi connectivity index (χ3n) is 2.56. The maximum atomic E-state index is 11.9. The van der Waals surface area contributed by atoms with Crippen LogP contribution in [0, 0.1) is 0 Å². The van der Waals surface area contributed by atoms with Crippen molar-refractivity contribution < 1.29 is 19.5 Å². The van der Waals surface area contributed by atoms with E-state index >= 15 is 0 Å². The van der Waals surface area contributed by atoms with Gasteiger partial charge in [0.25, 0.3) is 0 Å². The number of hydrogen-bond donors (Lipinski definition) is 3. The lowest BCUT2D eigenvalue weighted by molar-refractivity contribution is -0.121. The van der Waals surface area contributed by atoms with Gasteiger partial charge in [0.2, 0.25) is 5.91 Å². The number of hydrogen-bond acceptors (Lipinski definition) is 3. The fourth-order valence-electron chi connectivity index (χ4n) is 1.50. The maximum absolute atomic E-state index is 11.9. The van der Waals surface area contributed by atoms with Crippen molar-refractivity contribution in [2.24, 2.45) is 0 Å². The quantitative estimate of drug-likeness (QED) is 0.747. The summed E-state index contributed by atoms with van der Waals surface area (Å²) >= 11 is 3.19. The number of carboxylic acids is 1. The Morgan fingerprint density at radius 3 is 2.52 bits per heavy atom. The topological polar surface area (TPSA) is 98.7 Å². The molecule has 0 aliphatic carbocycles. The van der Waals surface area contributed by atoms with Crippen molar-refractivity contribution in [1.29, 1.82) is 0 Å². The van der Waals surface area contributed by atoms with Gasteiger partial charge in [0.1, 0.15) is 6.54 Å². The summed E-state index contributed by atoms with van der Waals surface area (Å²) in [6, 6.07) is 3.78. The summed E-state index contributed by atoms with van der Waals surface area (Å²) < 4.78 is 0.446. The number of urea groups is 1. The molecule has 0 unspecified atom stereocenters. The van der Waals surface area contributed by atoms with Crippen molar-refractivity contribution in [1.82, 2.24) is 10.2 Å². The predicted molar refractivity (Wildman–Crippen MR) is 81.4 cm³/mol. The van der Waals surface area contributed by atoms with E-state index in [1.54, 1.807) is 6.92 Å². The monoisotopic (exact) mass is 357 g/mol. The van der Waals surface area contributed by atoms with E-state index in [0.717, 1.165) is 0 Å². The molecule has 3 N–H and O–H groups in total. The number of halogens is 1. The second-order valence-corrected chi connectivity index (χ2v) is 5.09. The summed E-state index contributed by atoms with van der Waals surface area (Å²) in [5, 5.41) is 14.0. The highest BCUT2D eigenvalue weighted by atomic mass is 79.9. The molecule has 7 nitrogen and oxygen atoms in total. The number of amides is 3. The number of benzene rings is 1. The number of nitrogens with zero attached hydrogens (tertiary/aromatic N) is 1. The molecule has 114 valence electrons. The smallest absolute Gasteiger partial charge is 0.335 e. The molecule has 3 amide bonds. The molecule has 8 heteroatoms. The predicted octanol–water partition coefficient (Wildman–Crippen LogP) is 1.75. The van der Waals surface area contributed by atoms with Crippen LogP contribution in [0.2, 0.25) is 0 Å². The molecule has 1 aromatic rings. The van der Waals surface area contributed by atoms with Gasteiger partial charge < -0.3 is 20.6 Å². The molecule has 0 saturated carbocycles. The molecule has 0 saturated heterocycles. The summed E-state index contributed by atoms with van der Waals surface area (Å²) in [4.78, 5) is 35.4. The van der Waals surface area contributed by atoms with Crippen molar-refractivity contribution in [2.75, 3.05) is 25.5 Å². The standard InChI is InChI=1S/C13H16BrN3O4/c1-3-15-11(18)7-17(2)13(21)16-10-5-4-8(12(19)20)6-9(10)14/h4-6H,3,7H2,1-2H3,(H,15,18)(H,16,21)(H,19,20). The van der Waals surface area contributed by atoms with Gasteiger partial charge in [-0.2, -0.15) is 0 Å². The van der Waals surface area contributed by atoms with Crippen LogP contribution in [-0.2, 0) is 4.79 Å². The first-order chi connectivity index (χ1) is 9.85. The molecule has 0 atom stereocenters. The Kier molecular flexibility index (Phi) is 6.16. The minimum Gasteiger partial charge on any atom is -0.478 e. The third kappa shape index (κ3) is 5.07. The molecule has 0 spiro atoms. The number of anilines is 1. The van der Waals surface area contributed by atoms with Gasteiger partial charge in [-0.05, 0) is 41.1 Å². The highest BCUT2D eigenvalue weighted by Gasteiger charge is 2.14. The van der Waals surface area contributed by atoms with Gasteiger partial charge in [-0.3, -0.25) is 4.79 Å². The number of carboxylic acid groups (broad SMARTS) is 1. The van der Waals surface area contributed by atoms with E-state index in [1.165, 1.54) is 30.1 Å². The zero-order valence-corrected chi connectivity index (χ0v) is 13.2. The Hall–Kier alpha value is -2.09. The van der Waals surface area contributed by atoms with Crippen LogP contribution in [0.1, 0.15) is 17.3 Å². The Morgan fingerprint density at radius 1 is 1.33 bits per heavy atom. The molecule has 21 heavy (non-hydrogen) atoms. The molecule has 0 aliphatic heterocycles. The van der Waals surface area contributed by atoms with Crippen LogP contribution in [-0.4, -0.2) is 48.1 Å². The Labute approximate surface area is 130 Å². The molecule has 0 fully saturated rings. The lowest BCUT2D eigenvalue weighted by Gasteiger charge is -2.18. The molecule has 1 rings (SSSR count). The van der Waals surface area contributed by atoms with Crippen molar-refractivity contribution in [2.45, 2.75) is 6.92 Å². The van der Waals surface area contributed by atoms with Gasteiger partial charge in [0.05, 0.1) is 11.3 Å². The average molecular weight is 358 g/mol. The van der Waals surface area contributed by atoms with E-state index in [9.17, 15) is 14.4 Å². The maximum Gasteiger partial charge on any atom is 0.335 e. The average Bonchev–Trinajstić information content (AvgIpc) is 2.40. The van der Waals surface area contributed by atoms with E-state index in [-0.39, 0.29) is 18.0 Å². The summed E-state index contributed by atoms with van der Waals surface area (Å²) in [6.45, 7) is 2.22. The van der Waals surface area contributed by atoms with Gasteiger partial charge >= 0.3 is 12.0 Å². The minimum absolute atomic E-state index is 0.0650. The largest absolute Gasteiger partial charge is 0.478 e. The number of nitrogens with one attached hydrogen (secondary N) is 2. The highest BCUT2D eigenvalue weighted by Crippen LogP contribution is 2.23. The zero-order valence-electron chi connectivity index (χ0n) is 11.6. The van der Waals surface area contributed by atoms with Crippen molar-refractivity contribution in [3.8, 4) is 0 Å². The fraction of sp³-hybridized carbons (Fsp3) is 0.308. The zero-order chi connectivity index (χ0) is 16.0. The minimum atomic E-state index is -1.05. The van der Waals surface area contributed by atoms with Crippen molar-refractivity contribution in [3.05, 3.63) is 28.2 Å². The van der Waals surface area contributed by atoms with Gasteiger partial charge in [0.15, 0.2) is 0 Å². The molecule has 1 aromatic carbocycles. The first-order valence-corrected chi connectivity index (χ1v) is 6.96. The normalized spacial score (nSPS) is 9.86. The molecule has 0 radical (unpaired) electrons. The SMILES string of the molecule is CCNC(=O)CN(C)C(=O)Nc1ccc(C(=O)O)cc1Br. The first-order valence-electron chi connectivity index (χ1n) is 6.16. The molecule has 0 aromatic heterocycles. The van der Waals surface area contributed by atoms with Gasteiger partial charge in [0, 0.05) is 18.1 Å². The van der Waals surface area contributed by atoms with Crippen LogP contribution in [0.3, 0.4) is 0 Å². The van der Waals surface area contributed by atoms with Crippen molar-refractivity contribution in [3.63, 3.8) is 0 Å². The summed E-state index contributed by atoms with van der Waals surface area (Å²) in [7, 11) is 1.49. The molecule has 0 aliphatic rings.